The molecule has 3 atom stereocenters. The standard InChI is InChI=1S/C18H16O5/c1-2-5-11-14-15(18-12(22-11)8-13(19)23-18)17(21)10-7-4-3-6-9(10)16(14)20/h3-4,6-7,11-12,18H,2,5,8H2,1H3/t11-,12+,18-/m0/s1. The molecule has 0 unspecified atom stereocenters. The van der Waals surface area contributed by atoms with Crippen LogP contribution in [-0.4, -0.2) is 35.8 Å². The molecular weight excluding hydrogens is 296 g/mol. The summed E-state index contributed by atoms with van der Waals surface area (Å²) < 4.78 is 11.2. The molecule has 5 heteroatoms. The highest BCUT2D eigenvalue weighted by molar-refractivity contribution is 6.28. The zero-order valence-corrected chi connectivity index (χ0v) is 12.7. The van der Waals surface area contributed by atoms with E-state index in [0.29, 0.717) is 28.7 Å². The Balaban J connectivity index is 1.90. The van der Waals surface area contributed by atoms with Crippen LogP contribution in [0.1, 0.15) is 46.9 Å². The zero-order chi connectivity index (χ0) is 16.1. The molecule has 5 nitrogen and oxygen atoms in total. The van der Waals surface area contributed by atoms with Gasteiger partial charge in [-0.05, 0) is 6.42 Å². The third-order valence-corrected chi connectivity index (χ3v) is 4.66. The van der Waals surface area contributed by atoms with E-state index in [4.69, 9.17) is 9.47 Å². The Morgan fingerprint density at radius 3 is 2.35 bits per heavy atom. The number of hydrogen-bond donors (Lipinski definition) is 0. The minimum atomic E-state index is -0.754. The maximum atomic E-state index is 12.9. The summed E-state index contributed by atoms with van der Waals surface area (Å²) in [4.78, 5) is 37.5. The molecule has 118 valence electrons. The van der Waals surface area contributed by atoms with Gasteiger partial charge in [0, 0.05) is 16.7 Å². The van der Waals surface area contributed by atoms with E-state index in [9.17, 15) is 14.4 Å². The van der Waals surface area contributed by atoms with Crippen LogP contribution >= 0.6 is 0 Å². The van der Waals surface area contributed by atoms with Gasteiger partial charge in [-0.3, -0.25) is 14.4 Å². The van der Waals surface area contributed by atoms with Crippen molar-refractivity contribution >= 4 is 17.5 Å². The average molecular weight is 312 g/mol. The number of fused-ring (bicyclic) bond motifs is 3. The molecule has 3 aliphatic rings. The van der Waals surface area contributed by atoms with E-state index in [1.54, 1.807) is 24.3 Å². The van der Waals surface area contributed by atoms with Crippen LogP contribution < -0.4 is 0 Å². The number of benzene rings is 1. The topological polar surface area (TPSA) is 69.7 Å². The van der Waals surface area contributed by atoms with Crippen molar-refractivity contribution in [3.63, 3.8) is 0 Å². The lowest BCUT2D eigenvalue weighted by Crippen LogP contribution is -2.45. The first kappa shape index (κ1) is 14.3. The lowest BCUT2D eigenvalue weighted by molar-refractivity contribution is -0.140. The number of rotatable bonds is 2. The highest BCUT2D eigenvalue weighted by atomic mass is 16.6. The summed E-state index contributed by atoms with van der Waals surface area (Å²) in [5, 5.41) is 0. The number of ketones is 2. The van der Waals surface area contributed by atoms with Gasteiger partial charge in [0.25, 0.3) is 0 Å². The van der Waals surface area contributed by atoms with Crippen molar-refractivity contribution in [2.45, 2.75) is 44.5 Å². The number of ether oxygens (including phenoxy) is 2. The van der Waals surface area contributed by atoms with Crippen LogP contribution in [0.4, 0.5) is 0 Å². The minimum absolute atomic E-state index is 0.130. The lowest BCUT2D eigenvalue weighted by atomic mass is 9.76. The van der Waals surface area contributed by atoms with Crippen molar-refractivity contribution in [1.29, 1.82) is 0 Å². The van der Waals surface area contributed by atoms with Crippen LogP contribution in [0.5, 0.6) is 0 Å². The number of Topliss-reactive ketones (excluding diaryl/α,β-unsaturated/α-hetero) is 2. The van der Waals surface area contributed by atoms with Gasteiger partial charge in [0.1, 0.15) is 6.10 Å². The molecule has 0 radical (unpaired) electrons. The largest absolute Gasteiger partial charge is 0.454 e. The molecule has 1 aromatic carbocycles. The van der Waals surface area contributed by atoms with Crippen molar-refractivity contribution in [2.75, 3.05) is 0 Å². The molecule has 1 aromatic rings. The van der Waals surface area contributed by atoms with E-state index in [-0.39, 0.29) is 24.0 Å². The van der Waals surface area contributed by atoms with Gasteiger partial charge in [-0.25, -0.2) is 0 Å². The van der Waals surface area contributed by atoms with Crippen LogP contribution in [0.3, 0.4) is 0 Å². The first-order valence-corrected chi connectivity index (χ1v) is 7.89. The molecule has 4 rings (SSSR count). The Labute approximate surface area is 133 Å². The average Bonchev–Trinajstić information content (AvgIpc) is 2.92. The summed E-state index contributed by atoms with van der Waals surface area (Å²) in [6.45, 7) is 2.00. The fraction of sp³-hybridized carbons (Fsp3) is 0.389. The summed E-state index contributed by atoms with van der Waals surface area (Å²) in [6, 6.07) is 6.79. The van der Waals surface area contributed by atoms with E-state index < -0.39 is 18.3 Å². The molecule has 1 aliphatic carbocycles. The van der Waals surface area contributed by atoms with Crippen LogP contribution in [0.2, 0.25) is 0 Å². The summed E-state index contributed by atoms with van der Waals surface area (Å²) in [6.07, 6.45) is -0.0929. The number of carbonyl (C=O) groups excluding carboxylic acids is 3. The SMILES string of the molecule is CCC[C@@H]1O[C@@H]2CC(=O)O[C@@H]2C2=C1C(=O)c1ccccc1C2=O. The van der Waals surface area contributed by atoms with E-state index in [1.165, 1.54) is 0 Å². The molecule has 2 aliphatic heterocycles. The molecule has 0 amide bonds. The van der Waals surface area contributed by atoms with Crippen LogP contribution in [0, 0.1) is 0 Å². The Morgan fingerprint density at radius 2 is 1.70 bits per heavy atom. The van der Waals surface area contributed by atoms with Gasteiger partial charge in [-0.1, -0.05) is 37.6 Å². The van der Waals surface area contributed by atoms with Crippen LogP contribution in [0.25, 0.3) is 0 Å². The second-order valence-electron chi connectivity index (χ2n) is 6.10. The third kappa shape index (κ3) is 2.00. The summed E-state index contributed by atoms with van der Waals surface area (Å²) in [5.41, 5.74) is 1.50. The van der Waals surface area contributed by atoms with Gasteiger partial charge in [0.15, 0.2) is 17.7 Å². The van der Waals surface area contributed by atoms with Crippen molar-refractivity contribution in [3.05, 3.63) is 46.5 Å². The zero-order valence-electron chi connectivity index (χ0n) is 12.7. The molecular formula is C18H16O5. The Kier molecular flexibility index (Phi) is 3.20. The maximum absolute atomic E-state index is 12.9. The lowest BCUT2D eigenvalue weighted by Gasteiger charge is -2.36. The third-order valence-electron chi connectivity index (χ3n) is 4.66. The molecule has 0 aromatic heterocycles. The van der Waals surface area contributed by atoms with Gasteiger partial charge < -0.3 is 9.47 Å². The smallest absolute Gasteiger partial charge is 0.309 e. The summed E-state index contributed by atoms with van der Waals surface area (Å²) in [7, 11) is 0. The monoisotopic (exact) mass is 312 g/mol. The first-order valence-electron chi connectivity index (χ1n) is 7.89. The Morgan fingerprint density at radius 1 is 1.04 bits per heavy atom. The van der Waals surface area contributed by atoms with Crippen LogP contribution in [-0.2, 0) is 14.3 Å². The van der Waals surface area contributed by atoms with E-state index >= 15 is 0 Å². The van der Waals surface area contributed by atoms with Crippen molar-refractivity contribution in [2.24, 2.45) is 0 Å². The predicted octanol–water partition coefficient (Wildman–Crippen LogP) is 2.25. The molecule has 1 saturated heterocycles. The quantitative estimate of drug-likeness (QED) is 0.783. The highest BCUT2D eigenvalue weighted by Crippen LogP contribution is 2.41. The summed E-state index contributed by atoms with van der Waals surface area (Å²) >= 11 is 0. The van der Waals surface area contributed by atoms with Gasteiger partial charge in [0.05, 0.1) is 18.1 Å². The molecule has 0 N–H and O–H groups in total. The van der Waals surface area contributed by atoms with Crippen LogP contribution in [0.15, 0.2) is 35.4 Å². The van der Waals surface area contributed by atoms with Gasteiger partial charge >= 0.3 is 5.97 Å². The number of carbonyl (C=O) groups is 3. The normalized spacial score (nSPS) is 29.1. The first-order chi connectivity index (χ1) is 11.1. The predicted molar refractivity (Wildman–Crippen MR) is 80.2 cm³/mol. The summed E-state index contributed by atoms with van der Waals surface area (Å²) in [5.74, 6) is -0.789. The molecule has 0 bridgehead atoms. The Bertz CT molecular complexity index is 760. The molecule has 2 heterocycles. The van der Waals surface area contributed by atoms with Gasteiger partial charge in [-0.15, -0.1) is 0 Å². The molecule has 23 heavy (non-hydrogen) atoms. The van der Waals surface area contributed by atoms with E-state index in [0.717, 1.165) is 6.42 Å². The van der Waals surface area contributed by atoms with Crippen molar-refractivity contribution < 1.29 is 23.9 Å². The van der Waals surface area contributed by atoms with Crippen molar-refractivity contribution in [1.82, 2.24) is 0 Å². The molecule has 1 fully saturated rings. The fourth-order valence-electron chi connectivity index (χ4n) is 3.67. The fourth-order valence-corrected chi connectivity index (χ4v) is 3.67. The number of hydrogen-bond acceptors (Lipinski definition) is 5. The van der Waals surface area contributed by atoms with Gasteiger partial charge in [-0.2, -0.15) is 0 Å². The molecule has 0 spiro atoms. The van der Waals surface area contributed by atoms with Crippen molar-refractivity contribution in [3.8, 4) is 0 Å². The highest BCUT2D eigenvalue weighted by Gasteiger charge is 2.51. The second kappa shape index (κ2) is 5.13. The van der Waals surface area contributed by atoms with Gasteiger partial charge in [0.2, 0.25) is 0 Å². The second-order valence-corrected chi connectivity index (χ2v) is 6.10. The Hall–Kier alpha value is -2.27. The van der Waals surface area contributed by atoms with E-state index in [2.05, 4.69) is 0 Å². The number of esters is 1. The maximum Gasteiger partial charge on any atom is 0.309 e. The van der Waals surface area contributed by atoms with E-state index in [1.807, 2.05) is 6.92 Å². The molecule has 0 saturated carbocycles. The minimum Gasteiger partial charge on any atom is -0.454 e.